The number of ether oxygens (including phenoxy) is 1. The van der Waals surface area contributed by atoms with E-state index in [0.29, 0.717) is 12.2 Å². The van der Waals surface area contributed by atoms with Crippen molar-refractivity contribution in [3.8, 4) is 5.75 Å². The quantitative estimate of drug-likeness (QED) is 0.683. The molecule has 0 aliphatic carbocycles. The summed E-state index contributed by atoms with van der Waals surface area (Å²) in [5, 5.41) is 19.8. The van der Waals surface area contributed by atoms with E-state index in [4.69, 9.17) is 14.9 Å². The number of carbonyl (C=O) groups excluding carboxylic acids is 1. The number of amides is 1. The summed E-state index contributed by atoms with van der Waals surface area (Å²) in [6, 6.07) is 5.51. The van der Waals surface area contributed by atoms with Crippen LogP contribution in [-0.2, 0) is 16.0 Å². The molecule has 1 amide bonds. The number of halogens is 1. The Morgan fingerprint density at radius 3 is 2.70 bits per heavy atom. The number of aliphatic carboxylic acids is 1. The molecule has 3 N–H and O–H groups in total. The van der Waals surface area contributed by atoms with Crippen molar-refractivity contribution in [3.63, 3.8) is 0 Å². The molecule has 110 valence electrons. The van der Waals surface area contributed by atoms with Gasteiger partial charge in [0.05, 0.1) is 18.1 Å². The highest BCUT2D eigenvalue weighted by Gasteiger charge is 2.14. The zero-order valence-corrected chi connectivity index (χ0v) is 12.5. The minimum atomic E-state index is -1.57. The maximum Gasteiger partial charge on any atom is 0.334 e. The zero-order valence-electron chi connectivity index (χ0n) is 10.9. The lowest BCUT2D eigenvalue weighted by Crippen LogP contribution is -2.36. The molecule has 20 heavy (non-hydrogen) atoms. The summed E-state index contributed by atoms with van der Waals surface area (Å²) in [5.74, 6) is -0.954. The lowest BCUT2D eigenvalue weighted by Gasteiger charge is -2.08. The Balaban J connectivity index is 2.41. The summed E-state index contributed by atoms with van der Waals surface area (Å²) in [6.07, 6.45) is -0.850. The fourth-order valence-electron chi connectivity index (χ4n) is 1.51. The fourth-order valence-corrected chi connectivity index (χ4v) is 2.10. The first-order valence-electron chi connectivity index (χ1n) is 5.94. The van der Waals surface area contributed by atoms with Gasteiger partial charge in [0.25, 0.3) is 0 Å². The number of hydrogen-bond acceptors (Lipinski definition) is 4. The van der Waals surface area contributed by atoms with Crippen molar-refractivity contribution in [2.24, 2.45) is 0 Å². The normalized spacial score (nSPS) is 11.8. The van der Waals surface area contributed by atoms with Gasteiger partial charge in [0.1, 0.15) is 5.75 Å². The van der Waals surface area contributed by atoms with Gasteiger partial charge in [-0.25, -0.2) is 4.79 Å². The lowest BCUT2D eigenvalue weighted by atomic mass is 10.1. The monoisotopic (exact) mass is 345 g/mol. The molecule has 1 aromatic rings. The van der Waals surface area contributed by atoms with Crippen molar-refractivity contribution < 1.29 is 24.5 Å². The highest BCUT2D eigenvalue weighted by atomic mass is 79.9. The number of rotatable bonds is 7. The second-order valence-corrected chi connectivity index (χ2v) is 4.98. The van der Waals surface area contributed by atoms with E-state index < -0.39 is 12.1 Å². The first-order chi connectivity index (χ1) is 9.43. The number of nitrogens with one attached hydrogen (secondary N) is 1. The van der Waals surface area contributed by atoms with Gasteiger partial charge < -0.3 is 20.3 Å². The smallest absolute Gasteiger partial charge is 0.334 e. The third-order valence-corrected chi connectivity index (χ3v) is 3.25. The second kappa shape index (κ2) is 7.86. The van der Waals surface area contributed by atoms with Crippen LogP contribution in [0.4, 0.5) is 0 Å². The highest BCUT2D eigenvalue weighted by molar-refractivity contribution is 9.10. The van der Waals surface area contributed by atoms with Gasteiger partial charge in [-0.1, -0.05) is 6.07 Å². The first kappa shape index (κ1) is 16.5. The van der Waals surface area contributed by atoms with Crippen molar-refractivity contribution in [3.05, 3.63) is 28.2 Å². The van der Waals surface area contributed by atoms with Crippen molar-refractivity contribution in [2.75, 3.05) is 13.7 Å². The molecule has 0 bridgehead atoms. The number of carboxylic acid groups (broad SMARTS) is 1. The average molecular weight is 346 g/mol. The van der Waals surface area contributed by atoms with Crippen LogP contribution in [0.3, 0.4) is 0 Å². The predicted octanol–water partition coefficient (Wildman–Crippen LogP) is 0.952. The Bertz CT molecular complexity index is 492. The number of aliphatic hydroxyl groups is 1. The van der Waals surface area contributed by atoms with E-state index in [1.165, 1.54) is 0 Å². The molecule has 0 aliphatic heterocycles. The molecule has 0 unspecified atom stereocenters. The maximum atomic E-state index is 11.5. The molecule has 1 aromatic carbocycles. The molecular formula is C13H16BrNO5. The standard InChI is InChI=1S/C13H16BrNO5/c1-20-11-4-2-8(6-9(11)14)3-5-12(17)15-7-10(16)13(18)19/h2,4,6,10,16H,3,5,7H2,1H3,(H,15,17)(H,18,19)/t10-/m0/s1. The van der Waals surface area contributed by atoms with Gasteiger partial charge >= 0.3 is 5.97 Å². The lowest BCUT2D eigenvalue weighted by molar-refractivity contribution is -0.146. The maximum absolute atomic E-state index is 11.5. The van der Waals surface area contributed by atoms with Crippen LogP contribution in [0, 0.1) is 0 Å². The SMILES string of the molecule is COc1ccc(CCC(=O)NC[C@H](O)C(=O)O)cc1Br. The third-order valence-electron chi connectivity index (χ3n) is 2.63. The number of methoxy groups -OCH3 is 1. The minimum Gasteiger partial charge on any atom is -0.496 e. The van der Waals surface area contributed by atoms with Crippen LogP contribution in [0.25, 0.3) is 0 Å². The van der Waals surface area contributed by atoms with Crippen molar-refractivity contribution in [1.29, 1.82) is 0 Å². The van der Waals surface area contributed by atoms with Crippen LogP contribution in [-0.4, -0.2) is 41.8 Å². The van der Waals surface area contributed by atoms with E-state index in [9.17, 15) is 9.59 Å². The summed E-state index contributed by atoms with van der Waals surface area (Å²) in [5.41, 5.74) is 0.951. The van der Waals surface area contributed by atoms with Gasteiger partial charge in [0, 0.05) is 6.42 Å². The summed E-state index contributed by atoms with van der Waals surface area (Å²) in [7, 11) is 1.57. The van der Waals surface area contributed by atoms with Crippen LogP contribution in [0.15, 0.2) is 22.7 Å². The zero-order chi connectivity index (χ0) is 15.1. The highest BCUT2D eigenvalue weighted by Crippen LogP contribution is 2.25. The summed E-state index contributed by atoms with van der Waals surface area (Å²) in [6.45, 7) is -0.291. The van der Waals surface area contributed by atoms with Crippen LogP contribution in [0.5, 0.6) is 5.75 Å². The first-order valence-corrected chi connectivity index (χ1v) is 6.73. The van der Waals surface area contributed by atoms with Gasteiger partial charge in [-0.3, -0.25) is 4.79 Å². The van der Waals surface area contributed by atoms with Crippen molar-refractivity contribution in [2.45, 2.75) is 18.9 Å². The van der Waals surface area contributed by atoms with Gasteiger partial charge in [0.2, 0.25) is 5.91 Å². The largest absolute Gasteiger partial charge is 0.496 e. The Hall–Kier alpha value is -1.60. The second-order valence-electron chi connectivity index (χ2n) is 4.13. The fraction of sp³-hybridized carbons (Fsp3) is 0.385. The van der Waals surface area contributed by atoms with Crippen molar-refractivity contribution in [1.82, 2.24) is 5.32 Å². The Kier molecular flexibility index (Phi) is 6.47. The van der Waals surface area contributed by atoms with Gasteiger partial charge in [-0.2, -0.15) is 0 Å². The number of aliphatic hydroxyl groups excluding tert-OH is 1. The topological polar surface area (TPSA) is 95.9 Å². The summed E-state index contributed by atoms with van der Waals surface area (Å²) in [4.78, 5) is 21.9. The number of benzene rings is 1. The van der Waals surface area contributed by atoms with E-state index >= 15 is 0 Å². The van der Waals surface area contributed by atoms with E-state index in [1.54, 1.807) is 13.2 Å². The number of carboxylic acids is 1. The molecule has 0 saturated carbocycles. The number of aryl methyl sites for hydroxylation is 1. The average Bonchev–Trinajstić information content (AvgIpc) is 2.42. The predicted molar refractivity (Wildman–Crippen MR) is 75.7 cm³/mol. The molecule has 0 saturated heterocycles. The van der Waals surface area contributed by atoms with Gasteiger partial charge in [-0.05, 0) is 40.0 Å². The number of hydrogen-bond donors (Lipinski definition) is 3. The molecule has 6 nitrogen and oxygen atoms in total. The summed E-state index contributed by atoms with van der Waals surface area (Å²) < 4.78 is 5.91. The van der Waals surface area contributed by atoms with E-state index in [2.05, 4.69) is 21.2 Å². The molecule has 0 radical (unpaired) electrons. The Labute approximate surface area is 124 Å². The molecule has 0 fully saturated rings. The molecular weight excluding hydrogens is 330 g/mol. The molecule has 1 atom stereocenters. The Morgan fingerprint density at radius 1 is 1.45 bits per heavy atom. The number of carbonyl (C=O) groups is 2. The van der Waals surface area contributed by atoms with Gasteiger partial charge in [-0.15, -0.1) is 0 Å². The minimum absolute atomic E-state index is 0.213. The third kappa shape index (κ3) is 5.18. The van der Waals surface area contributed by atoms with Gasteiger partial charge in [0.15, 0.2) is 6.10 Å². The van der Waals surface area contributed by atoms with Crippen LogP contribution >= 0.6 is 15.9 Å². The molecule has 1 rings (SSSR count). The van der Waals surface area contributed by atoms with Crippen LogP contribution in [0.1, 0.15) is 12.0 Å². The molecule has 7 heteroatoms. The molecule has 0 aliphatic rings. The van der Waals surface area contributed by atoms with Crippen LogP contribution in [0.2, 0.25) is 0 Å². The van der Waals surface area contributed by atoms with Crippen LogP contribution < -0.4 is 10.1 Å². The molecule has 0 heterocycles. The Morgan fingerprint density at radius 2 is 2.15 bits per heavy atom. The van der Waals surface area contributed by atoms with Crippen molar-refractivity contribution >= 4 is 27.8 Å². The van der Waals surface area contributed by atoms with E-state index in [1.807, 2.05) is 12.1 Å². The van der Waals surface area contributed by atoms with E-state index in [-0.39, 0.29) is 18.9 Å². The summed E-state index contributed by atoms with van der Waals surface area (Å²) >= 11 is 3.36. The molecule has 0 aromatic heterocycles. The molecule has 0 spiro atoms. The van der Waals surface area contributed by atoms with E-state index in [0.717, 1.165) is 10.0 Å².